The highest BCUT2D eigenvalue weighted by molar-refractivity contribution is 7.90. The van der Waals surface area contributed by atoms with Crippen LogP contribution >= 0.6 is 0 Å². The molecule has 1 saturated heterocycles. The lowest BCUT2D eigenvalue weighted by atomic mass is 10.2. The van der Waals surface area contributed by atoms with E-state index in [-0.39, 0.29) is 10.9 Å². The maximum atomic E-state index is 11.4. The second kappa shape index (κ2) is 3.79. The molecule has 1 aromatic heterocycles. The van der Waals surface area contributed by atoms with Gasteiger partial charge in [0.25, 0.3) is 0 Å². The molecule has 0 radical (unpaired) electrons. The Bertz CT molecular complexity index is 454. The minimum Gasteiger partial charge on any atom is -0.364 e. The average Bonchev–Trinajstić information content (AvgIpc) is 2.10. The van der Waals surface area contributed by atoms with Crippen molar-refractivity contribution in [2.75, 3.05) is 24.7 Å². The van der Waals surface area contributed by atoms with Crippen molar-refractivity contribution in [2.45, 2.75) is 10.9 Å². The molecule has 0 amide bonds. The maximum absolute atomic E-state index is 11.4. The highest BCUT2D eigenvalue weighted by Gasteiger charge is 2.20. The molecule has 0 unspecified atom stereocenters. The van der Waals surface area contributed by atoms with Crippen molar-refractivity contribution in [3.05, 3.63) is 18.3 Å². The van der Waals surface area contributed by atoms with Crippen molar-refractivity contribution < 1.29 is 8.42 Å². The monoisotopic (exact) mass is 227 g/mol. The molecule has 6 heteroatoms. The van der Waals surface area contributed by atoms with Gasteiger partial charge in [0.15, 0.2) is 9.84 Å². The first kappa shape index (κ1) is 10.4. The second-order valence-electron chi connectivity index (χ2n) is 3.62. The van der Waals surface area contributed by atoms with Crippen LogP contribution in [0.5, 0.6) is 0 Å². The van der Waals surface area contributed by atoms with Crippen LogP contribution in [0, 0.1) is 0 Å². The van der Waals surface area contributed by atoms with Crippen LogP contribution in [0.2, 0.25) is 0 Å². The van der Waals surface area contributed by atoms with E-state index in [0.29, 0.717) is 5.82 Å². The number of pyridine rings is 1. The highest BCUT2D eigenvalue weighted by Crippen LogP contribution is 2.18. The van der Waals surface area contributed by atoms with E-state index in [1.807, 2.05) is 0 Å². The van der Waals surface area contributed by atoms with E-state index in [9.17, 15) is 8.42 Å². The first-order valence-electron chi connectivity index (χ1n) is 4.70. The van der Waals surface area contributed by atoms with Crippen molar-refractivity contribution in [1.29, 1.82) is 0 Å². The zero-order valence-corrected chi connectivity index (χ0v) is 9.21. The standard InChI is InChI=1S/C9H13N3O2S/c1-15(13,14)8-3-2-4-11-9(8)12-7-5-10-6-7/h2-4,7,10H,5-6H2,1H3,(H,11,12). The summed E-state index contributed by atoms with van der Waals surface area (Å²) in [4.78, 5) is 4.31. The summed E-state index contributed by atoms with van der Waals surface area (Å²) < 4.78 is 22.9. The molecule has 0 aliphatic carbocycles. The van der Waals surface area contributed by atoms with E-state index in [0.717, 1.165) is 13.1 Å². The lowest BCUT2D eigenvalue weighted by Gasteiger charge is -2.28. The van der Waals surface area contributed by atoms with Gasteiger partial charge in [0.05, 0.1) is 6.04 Å². The van der Waals surface area contributed by atoms with Crippen LogP contribution in [0.25, 0.3) is 0 Å². The van der Waals surface area contributed by atoms with Crippen LogP contribution in [-0.2, 0) is 9.84 Å². The fraction of sp³-hybridized carbons (Fsp3) is 0.444. The Kier molecular flexibility index (Phi) is 2.62. The Morgan fingerprint density at radius 2 is 2.27 bits per heavy atom. The Labute approximate surface area is 88.8 Å². The van der Waals surface area contributed by atoms with Crippen LogP contribution in [0.1, 0.15) is 0 Å². The molecule has 2 heterocycles. The van der Waals surface area contributed by atoms with Gasteiger partial charge in [0.1, 0.15) is 10.7 Å². The van der Waals surface area contributed by atoms with Crippen LogP contribution in [0.15, 0.2) is 23.2 Å². The highest BCUT2D eigenvalue weighted by atomic mass is 32.2. The third-order valence-corrected chi connectivity index (χ3v) is 3.42. The molecule has 2 rings (SSSR count). The van der Waals surface area contributed by atoms with Gasteiger partial charge in [-0.3, -0.25) is 0 Å². The topological polar surface area (TPSA) is 71.1 Å². The largest absolute Gasteiger partial charge is 0.364 e. The van der Waals surface area contributed by atoms with E-state index in [1.54, 1.807) is 18.3 Å². The average molecular weight is 227 g/mol. The number of anilines is 1. The molecule has 2 N–H and O–H groups in total. The summed E-state index contributed by atoms with van der Waals surface area (Å²) >= 11 is 0. The minimum atomic E-state index is -3.21. The predicted molar refractivity (Wildman–Crippen MR) is 57.6 cm³/mol. The quantitative estimate of drug-likeness (QED) is 0.752. The molecule has 0 aromatic carbocycles. The zero-order valence-electron chi connectivity index (χ0n) is 8.40. The summed E-state index contributed by atoms with van der Waals surface area (Å²) in [6.45, 7) is 1.69. The molecule has 1 aliphatic heterocycles. The van der Waals surface area contributed by atoms with Crippen molar-refractivity contribution in [1.82, 2.24) is 10.3 Å². The van der Waals surface area contributed by atoms with Crippen LogP contribution in [-0.4, -0.2) is 38.8 Å². The van der Waals surface area contributed by atoms with Gasteiger partial charge in [-0.05, 0) is 12.1 Å². The minimum absolute atomic E-state index is 0.261. The van der Waals surface area contributed by atoms with E-state index < -0.39 is 9.84 Å². The van der Waals surface area contributed by atoms with Crippen molar-refractivity contribution in [3.8, 4) is 0 Å². The predicted octanol–water partition coefficient (Wildman–Crippen LogP) is -0.131. The Hall–Kier alpha value is -1.14. The molecule has 0 atom stereocenters. The van der Waals surface area contributed by atoms with E-state index in [2.05, 4.69) is 15.6 Å². The van der Waals surface area contributed by atoms with Gasteiger partial charge >= 0.3 is 0 Å². The Balaban J connectivity index is 2.29. The maximum Gasteiger partial charge on any atom is 0.179 e. The number of rotatable bonds is 3. The first-order chi connectivity index (χ1) is 7.07. The van der Waals surface area contributed by atoms with Crippen LogP contribution in [0.4, 0.5) is 5.82 Å². The molecule has 5 nitrogen and oxygen atoms in total. The molecule has 1 aromatic rings. The smallest absolute Gasteiger partial charge is 0.179 e. The van der Waals surface area contributed by atoms with Gasteiger partial charge in [-0.2, -0.15) is 0 Å². The summed E-state index contributed by atoms with van der Waals surface area (Å²) in [5.41, 5.74) is 0. The molecular weight excluding hydrogens is 214 g/mol. The van der Waals surface area contributed by atoms with Gasteiger partial charge in [0.2, 0.25) is 0 Å². The third kappa shape index (κ3) is 2.27. The number of hydrogen-bond acceptors (Lipinski definition) is 5. The third-order valence-electron chi connectivity index (χ3n) is 2.29. The normalized spacial score (nSPS) is 17.1. The Morgan fingerprint density at radius 3 is 2.80 bits per heavy atom. The van der Waals surface area contributed by atoms with E-state index >= 15 is 0 Å². The number of sulfone groups is 1. The lowest BCUT2D eigenvalue weighted by Crippen LogP contribution is -2.51. The van der Waals surface area contributed by atoms with Gasteiger partial charge in [-0.1, -0.05) is 0 Å². The molecule has 1 aliphatic rings. The number of hydrogen-bond donors (Lipinski definition) is 2. The van der Waals surface area contributed by atoms with Crippen LogP contribution in [0.3, 0.4) is 0 Å². The van der Waals surface area contributed by atoms with Gasteiger partial charge in [-0.15, -0.1) is 0 Å². The van der Waals surface area contributed by atoms with Crippen molar-refractivity contribution in [2.24, 2.45) is 0 Å². The summed E-state index contributed by atoms with van der Waals surface area (Å²) in [5, 5.41) is 6.20. The molecule has 0 bridgehead atoms. The fourth-order valence-electron chi connectivity index (χ4n) is 1.38. The summed E-state index contributed by atoms with van der Waals surface area (Å²) in [6, 6.07) is 3.47. The van der Waals surface area contributed by atoms with Crippen molar-refractivity contribution in [3.63, 3.8) is 0 Å². The van der Waals surface area contributed by atoms with Crippen LogP contribution < -0.4 is 10.6 Å². The number of aromatic nitrogens is 1. The van der Waals surface area contributed by atoms with Gasteiger partial charge < -0.3 is 10.6 Å². The van der Waals surface area contributed by atoms with E-state index in [1.165, 1.54) is 6.26 Å². The van der Waals surface area contributed by atoms with Gasteiger partial charge in [0, 0.05) is 25.5 Å². The first-order valence-corrected chi connectivity index (χ1v) is 6.59. The lowest BCUT2D eigenvalue weighted by molar-refractivity contribution is 0.470. The van der Waals surface area contributed by atoms with Gasteiger partial charge in [-0.25, -0.2) is 13.4 Å². The molecule has 15 heavy (non-hydrogen) atoms. The zero-order chi connectivity index (χ0) is 10.9. The molecule has 0 saturated carbocycles. The van der Waals surface area contributed by atoms with E-state index in [4.69, 9.17) is 0 Å². The number of nitrogens with zero attached hydrogens (tertiary/aromatic N) is 1. The summed E-state index contributed by atoms with van der Waals surface area (Å²) in [5.74, 6) is 0.450. The summed E-state index contributed by atoms with van der Waals surface area (Å²) in [7, 11) is -3.21. The molecular formula is C9H13N3O2S. The van der Waals surface area contributed by atoms with Crippen molar-refractivity contribution >= 4 is 15.7 Å². The summed E-state index contributed by atoms with van der Waals surface area (Å²) in [6.07, 6.45) is 2.78. The fourth-order valence-corrected chi connectivity index (χ4v) is 2.17. The molecule has 0 spiro atoms. The second-order valence-corrected chi connectivity index (χ2v) is 5.61. The Morgan fingerprint density at radius 1 is 1.53 bits per heavy atom. The molecule has 82 valence electrons. The molecule has 1 fully saturated rings. The SMILES string of the molecule is CS(=O)(=O)c1cccnc1NC1CNC1. The number of nitrogens with one attached hydrogen (secondary N) is 2.